The molecule has 0 spiro atoms. The lowest BCUT2D eigenvalue weighted by Crippen LogP contribution is -2.35. The van der Waals surface area contributed by atoms with E-state index in [9.17, 15) is 14.4 Å². The molecule has 0 radical (unpaired) electrons. The van der Waals surface area contributed by atoms with Gasteiger partial charge in [0.05, 0.1) is 6.42 Å². The molecule has 2 rings (SSSR count). The van der Waals surface area contributed by atoms with Gasteiger partial charge in [0.1, 0.15) is 5.70 Å². The highest BCUT2D eigenvalue weighted by Gasteiger charge is 2.15. The van der Waals surface area contributed by atoms with Crippen molar-refractivity contribution in [3.63, 3.8) is 0 Å². The molecule has 2 aromatic carbocycles. The summed E-state index contributed by atoms with van der Waals surface area (Å²) in [7, 11) is 0. The Hall–Kier alpha value is -2.93. The van der Waals surface area contributed by atoms with Crippen LogP contribution in [-0.2, 0) is 9.59 Å². The molecule has 0 aliphatic rings. The Kier molecular flexibility index (Phi) is 7.11. The Labute approximate surface area is 159 Å². The summed E-state index contributed by atoms with van der Waals surface area (Å²) in [6.45, 7) is -0.0347. The number of benzene rings is 2. The fourth-order valence-electron chi connectivity index (χ4n) is 2.08. The lowest BCUT2D eigenvalue weighted by molar-refractivity contribution is -0.136. The van der Waals surface area contributed by atoms with Crippen LogP contribution in [0.15, 0.2) is 64.8 Å². The van der Waals surface area contributed by atoms with Gasteiger partial charge in [-0.2, -0.15) is 0 Å². The van der Waals surface area contributed by atoms with Crippen molar-refractivity contribution in [2.75, 3.05) is 6.54 Å². The summed E-state index contributed by atoms with van der Waals surface area (Å²) in [5.74, 6) is -2.02. The van der Waals surface area contributed by atoms with Crippen LogP contribution in [0.3, 0.4) is 0 Å². The van der Waals surface area contributed by atoms with E-state index < -0.39 is 17.8 Å². The zero-order valence-electron chi connectivity index (χ0n) is 13.7. The van der Waals surface area contributed by atoms with Crippen molar-refractivity contribution < 1.29 is 19.5 Å². The van der Waals surface area contributed by atoms with Gasteiger partial charge >= 0.3 is 5.97 Å². The van der Waals surface area contributed by atoms with Crippen molar-refractivity contribution in [1.29, 1.82) is 0 Å². The van der Waals surface area contributed by atoms with Gasteiger partial charge in [-0.15, -0.1) is 0 Å². The Balaban J connectivity index is 2.20. The lowest BCUT2D eigenvalue weighted by Gasteiger charge is -2.11. The second kappa shape index (κ2) is 9.53. The molecule has 2 amide bonds. The fourth-order valence-corrected chi connectivity index (χ4v) is 2.48. The van der Waals surface area contributed by atoms with Crippen LogP contribution in [0.2, 0.25) is 0 Å². The first-order valence-corrected chi connectivity index (χ1v) is 8.58. The highest BCUT2D eigenvalue weighted by Crippen LogP contribution is 2.12. The molecule has 0 fully saturated rings. The minimum Gasteiger partial charge on any atom is -0.481 e. The van der Waals surface area contributed by atoms with E-state index in [4.69, 9.17) is 5.11 Å². The standard InChI is InChI=1S/C19H17BrN2O4/c20-15-8-4-7-14(12-15)18(25)22-16(11-13-5-2-1-3-6-13)19(26)21-10-9-17(23)24/h1-8,11-12H,9-10H2,(H,21,26)(H,22,25)(H,23,24)/b16-11+. The zero-order chi connectivity index (χ0) is 18.9. The van der Waals surface area contributed by atoms with Crippen molar-refractivity contribution >= 4 is 39.8 Å². The van der Waals surface area contributed by atoms with E-state index in [0.717, 1.165) is 10.0 Å². The van der Waals surface area contributed by atoms with E-state index in [0.29, 0.717) is 5.56 Å². The molecule has 3 N–H and O–H groups in total. The van der Waals surface area contributed by atoms with Crippen molar-refractivity contribution in [2.24, 2.45) is 0 Å². The van der Waals surface area contributed by atoms with Gasteiger partial charge in [-0.3, -0.25) is 14.4 Å². The Morgan fingerprint density at radius 1 is 1.04 bits per heavy atom. The predicted octanol–water partition coefficient (Wildman–Crippen LogP) is 2.81. The quantitative estimate of drug-likeness (QED) is 0.604. The van der Waals surface area contributed by atoms with Crippen LogP contribution in [-0.4, -0.2) is 29.4 Å². The minimum absolute atomic E-state index is 0.0339. The number of carbonyl (C=O) groups is 3. The van der Waals surface area contributed by atoms with E-state index in [2.05, 4.69) is 26.6 Å². The van der Waals surface area contributed by atoms with Crippen LogP contribution in [0.4, 0.5) is 0 Å². The van der Waals surface area contributed by atoms with Crippen LogP contribution in [0.5, 0.6) is 0 Å². The molecule has 26 heavy (non-hydrogen) atoms. The van der Waals surface area contributed by atoms with E-state index in [1.54, 1.807) is 36.4 Å². The summed E-state index contributed by atoms with van der Waals surface area (Å²) in [5, 5.41) is 13.8. The Bertz CT molecular complexity index is 834. The van der Waals surface area contributed by atoms with Crippen molar-refractivity contribution in [2.45, 2.75) is 6.42 Å². The maximum Gasteiger partial charge on any atom is 0.305 e. The van der Waals surface area contributed by atoms with E-state index in [-0.39, 0.29) is 18.7 Å². The predicted molar refractivity (Wildman–Crippen MR) is 101 cm³/mol. The highest BCUT2D eigenvalue weighted by atomic mass is 79.9. The Morgan fingerprint density at radius 2 is 1.77 bits per heavy atom. The van der Waals surface area contributed by atoms with Crippen LogP contribution >= 0.6 is 15.9 Å². The molecule has 0 bridgehead atoms. The lowest BCUT2D eigenvalue weighted by atomic mass is 10.1. The van der Waals surface area contributed by atoms with Gasteiger partial charge in [0.25, 0.3) is 11.8 Å². The van der Waals surface area contributed by atoms with E-state index >= 15 is 0 Å². The largest absolute Gasteiger partial charge is 0.481 e. The second-order valence-electron chi connectivity index (χ2n) is 5.33. The molecule has 0 saturated carbocycles. The summed E-state index contributed by atoms with van der Waals surface area (Å²) >= 11 is 3.30. The molecule has 134 valence electrons. The molecular formula is C19H17BrN2O4. The first-order valence-electron chi connectivity index (χ1n) is 7.79. The first-order chi connectivity index (χ1) is 12.5. The summed E-state index contributed by atoms with van der Waals surface area (Å²) in [4.78, 5) is 35.4. The summed E-state index contributed by atoms with van der Waals surface area (Å²) in [6, 6.07) is 15.8. The smallest absolute Gasteiger partial charge is 0.305 e. The van der Waals surface area contributed by atoms with Crippen LogP contribution in [0.1, 0.15) is 22.3 Å². The molecule has 0 unspecified atom stereocenters. The van der Waals surface area contributed by atoms with Gasteiger partial charge in [-0.1, -0.05) is 52.3 Å². The van der Waals surface area contributed by atoms with Gasteiger partial charge in [0.2, 0.25) is 0 Å². The third kappa shape index (κ3) is 6.18. The molecule has 7 heteroatoms. The van der Waals surface area contributed by atoms with Gasteiger partial charge in [0.15, 0.2) is 0 Å². The fraction of sp³-hybridized carbons (Fsp3) is 0.105. The Morgan fingerprint density at radius 3 is 2.42 bits per heavy atom. The molecule has 0 atom stereocenters. The molecule has 0 aromatic heterocycles. The van der Waals surface area contributed by atoms with Gasteiger partial charge < -0.3 is 15.7 Å². The van der Waals surface area contributed by atoms with E-state index in [1.165, 1.54) is 6.08 Å². The molecular weight excluding hydrogens is 400 g/mol. The van der Waals surface area contributed by atoms with Crippen LogP contribution < -0.4 is 10.6 Å². The monoisotopic (exact) mass is 416 g/mol. The van der Waals surface area contributed by atoms with Gasteiger partial charge in [-0.25, -0.2) is 0 Å². The van der Waals surface area contributed by atoms with Crippen molar-refractivity contribution in [1.82, 2.24) is 10.6 Å². The molecule has 0 saturated heterocycles. The number of carboxylic acid groups (broad SMARTS) is 1. The van der Waals surface area contributed by atoms with Crippen LogP contribution in [0.25, 0.3) is 6.08 Å². The van der Waals surface area contributed by atoms with Gasteiger partial charge in [-0.05, 0) is 29.8 Å². The number of carbonyl (C=O) groups excluding carboxylic acids is 2. The number of carboxylic acids is 1. The average Bonchev–Trinajstić information content (AvgIpc) is 2.61. The summed E-state index contributed by atoms with van der Waals surface area (Å²) < 4.78 is 0.740. The van der Waals surface area contributed by atoms with E-state index in [1.807, 2.05) is 18.2 Å². The number of nitrogens with one attached hydrogen (secondary N) is 2. The highest BCUT2D eigenvalue weighted by molar-refractivity contribution is 9.10. The maximum absolute atomic E-state index is 12.4. The second-order valence-corrected chi connectivity index (χ2v) is 6.25. The third-order valence-corrected chi connectivity index (χ3v) is 3.81. The number of halogens is 1. The number of amides is 2. The molecule has 6 nitrogen and oxygen atoms in total. The number of hydrogen-bond acceptors (Lipinski definition) is 3. The number of aliphatic carboxylic acids is 1. The maximum atomic E-state index is 12.4. The third-order valence-electron chi connectivity index (χ3n) is 3.31. The number of hydrogen-bond donors (Lipinski definition) is 3. The first kappa shape index (κ1) is 19.4. The molecule has 0 aliphatic heterocycles. The summed E-state index contributed by atoms with van der Waals surface area (Å²) in [5.41, 5.74) is 1.15. The van der Waals surface area contributed by atoms with Crippen molar-refractivity contribution in [3.05, 3.63) is 75.9 Å². The molecule has 0 aliphatic carbocycles. The van der Waals surface area contributed by atoms with Gasteiger partial charge in [0, 0.05) is 16.6 Å². The average molecular weight is 417 g/mol. The topological polar surface area (TPSA) is 95.5 Å². The minimum atomic E-state index is -1.02. The number of rotatable bonds is 7. The van der Waals surface area contributed by atoms with Crippen LogP contribution in [0, 0.1) is 0 Å². The normalized spacial score (nSPS) is 10.9. The molecule has 0 heterocycles. The SMILES string of the molecule is O=C(O)CCNC(=O)/C(=C\c1ccccc1)NC(=O)c1cccc(Br)c1. The zero-order valence-corrected chi connectivity index (χ0v) is 15.3. The van der Waals surface area contributed by atoms with Crippen molar-refractivity contribution in [3.8, 4) is 0 Å². The molecule has 2 aromatic rings. The summed E-state index contributed by atoms with van der Waals surface area (Å²) in [6.07, 6.45) is 1.33.